The highest BCUT2D eigenvalue weighted by molar-refractivity contribution is 7.99. The molecule has 0 aliphatic heterocycles. The van der Waals surface area contributed by atoms with E-state index in [2.05, 4.69) is 31.1 Å². The van der Waals surface area contributed by atoms with Gasteiger partial charge in [0, 0.05) is 24.0 Å². The molecule has 2 aromatic rings. The van der Waals surface area contributed by atoms with Crippen LogP contribution in [0, 0.1) is 17.2 Å². The molecule has 1 saturated carbocycles. The second-order valence-electron chi connectivity index (χ2n) is 6.95. The molecule has 0 unspecified atom stereocenters. The van der Waals surface area contributed by atoms with Crippen molar-refractivity contribution in [1.82, 2.24) is 25.1 Å². The van der Waals surface area contributed by atoms with Crippen molar-refractivity contribution in [3.05, 3.63) is 24.5 Å². The summed E-state index contributed by atoms with van der Waals surface area (Å²) in [4.78, 5) is 16.4. The van der Waals surface area contributed by atoms with Crippen molar-refractivity contribution in [3.8, 4) is 17.5 Å². The van der Waals surface area contributed by atoms with Crippen LogP contribution in [0.4, 0.5) is 0 Å². The fourth-order valence-corrected chi connectivity index (χ4v) is 3.30. The van der Waals surface area contributed by atoms with E-state index in [9.17, 15) is 10.1 Å². The van der Waals surface area contributed by atoms with Crippen LogP contribution >= 0.6 is 11.8 Å². The zero-order valence-corrected chi connectivity index (χ0v) is 16.0. The first-order valence-electron chi connectivity index (χ1n) is 8.65. The number of pyridine rings is 1. The van der Waals surface area contributed by atoms with Crippen LogP contribution in [0.1, 0.15) is 39.7 Å². The summed E-state index contributed by atoms with van der Waals surface area (Å²) in [7, 11) is 0. The maximum Gasteiger partial charge on any atom is 0.231 e. The van der Waals surface area contributed by atoms with Crippen LogP contribution < -0.4 is 5.32 Å². The Morgan fingerprint density at radius 2 is 2.12 bits per heavy atom. The Balaban J connectivity index is 1.72. The molecule has 0 spiro atoms. The van der Waals surface area contributed by atoms with Gasteiger partial charge in [-0.25, -0.2) is 0 Å². The molecule has 7 nitrogen and oxygen atoms in total. The highest BCUT2D eigenvalue weighted by Gasteiger charge is 2.32. The van der Waals surface area contributed by atoms with Crippen molar-refractivity contribution in [1.29, 1.82) is 5.26 Å². The minimum absolute atomic E-state index is 0.0230. The van der Waals surface area contributed by atoms with Gasteiger partial charge in [0.15, 0.2) is 11.0 Å². The van der Waals surface area contributed by atoms with Crippen LogP contribution in [-0.2, 0) is 4.79 Å². The summed E-state index contributed by atoms with van der Waals surface area (Å²) in [6, 6.07) is 6.40. The van der Waals surface area contributed by atoms with E-state index in [0.29, 0.717) is 6.04 Å². The molecule has 1 fully saturated rings. The van der Waals surface area contributed by atoms with Crippen molar-refractivity contribution < 1.29 is 4.79 Å². The van der Waals surface area contributed by atoms with Gasteiger partial charge in [-0.1, -0.05) is 25.6 Å². The fourth-order valence-electron chi connectivity index (χ4n) is 2.49. The summed E-state index contributed by atoms with van der Waals surface area (Å²) in [5.41, 5.74) is 0.0943. The van der Waals surface area contributed by atoms with Gasteiger partial charge in [0.05, 0.1) is 11.8 Å². The first-order chi connectivity index (χ1) is 12.4. The third kappa shape index (κ3) is 3.88. The minimum atomic E-state index is -0.871. The van der Waals surface area contributed by atoms with E-state index in [-0.39, 0.29) is 17.6 Å². The van der Waals surface area contributed by atoms with Crippen molar-refractivity contribution in [2.24, 2.45) is 5.92 Å². The molecule has 2 heterocycles. The summed E-state index contributed by atoms with van der Waals surface area (Å²) in [5.74, 6) is 0.853. The highest BCUT2D eigenvalue weighted by atomic mass is 32.2. The van der Waals surface area contributed by atoms with Crippen LogP contribution in [0.25, 0.3) is 11.4 Å². The van der Waals surface area contributed by atoms with Gasteiger partial charge in [-0.05, 0) is 37.8 Å². The number of hydrogen-bond acceptors (Lipinski definition) is 6. The second-order valence-corrected chi connectivity index (χ2v) is 7.89. The molecule has 0 aromatic carbocycles. The van der Waals surface area contributed by atoms with Gasteiger partial charge >= 0.3 is 0 Å². The van der Waals surface area contributed by atoms with E-state index >= 15 is 0 Å². The molecular weight excluding hydrogens is 348 g/mol. The molecule has 3 rings (SSSR count). The van der Waals surface area contributed by atoms with Gasteiger partial charge in [-0.15, -0.1) is 10.2 Å². The number of aromatic nitrogens is 4. The van der Waals surface area contributed by atoms with E-state index in [4.69, 9.17) is 0 Å². The first-order valence-corrected chi connectivity index (χ1v) is 9.63. The van der Waals surface area contributed by atoms with Crippen molar-refractivity contribution >= 4 is 17.7 Å². The Kier molecular flexibility index (Phi) is 5.28. The Morgan fingerprint density at radius 1 is 1.42 bits per heavy atom. The smallest absolute Gasteiger partial charge is 0.231 e. The zero-order chi connectivity index (χ0) is 18.7. The Labute approximate surface area is 157 Å². The number of nitriles is 1. The molecule has 1 amide bonds. The number of hydrogen-bond donors (Lipinski definition) is 1. The van der Waals surface area contributed by atoms with Gasteiger partial charge in [-0.3, -0.25) is 14.3 Å². The van der Waals surface area contributed by atoms with Crippen molar-refractivity contribution in [2.75, 3.05) is 5.75 Å². The topological polar surface area (TPSA) is 96.5 Å². The summed E-state index contributed by atoms with van der Waals surface area (Å²) < 4.78 is 2.11. The SMILES string of the molecule is CC(C)[C@](C)(C#N)NC(=O)CSc1nnc(-c2ccncc2)n1C1CC1. The van der Waals surface area contributed by atoms with Crippen LogP contribution in [0.3, 0.4) is 0 Å². The Morgan fingerprint density at radius 3 is 2.69 bits per heavy atom. The lowest BCUT2D eigenvalue weighted by atomic mass is 9.90. The van der Waals surface area contributed by atoms with E-state index in [0.717, 1.165) is 29.4 Å². The highest BCUT2D eigenvalue weighted by Crippen LogP contribution is 2.40. The molecule has 0 radical (unpaired) electrons. The second kappa shape index (κ2) is 7.46. The van der Waals surface area contributed by atoms with Gasteiger partial charge in [0.2, 0.25) is 5.91 Å². The maximum absolute atomic E-state index is 12.3. The molecule has 0 saturated heterocycles. The largest absolute Gasteiger partial charge is 0.337 e. The molecular formula is C18H22N6OS. The fraction of sp³-hybridized carbons (Fsp3) is 0.500. The normalized spacial score (nSPS) is 16.1. The predicted molar refractivity (Wildman–Crippen MR) is 99.2 cm³/mol. The van der Waals surface area contributed by atoms with Crippen molar-refractivity contribution in [3.63, 3.8) is 0 Å². The zero-order valence-electron chi connectivity index (χ0n) is 15.1. The minimum Gasteiger partial charge on any atom is -0.337 e. The summed E-state index contributed by atoms with van der Waals surface area (Å²) in [5, 5.41) is 21.5. The Hall–Kier alpha value is -2.40. The van der Waals surface area contributed by atoms with Crippen LogP contribution in [0.2, 0.25) is 0 Å². The lowest BCUT2D eigenvalue weighted by Gasteiger charge is -2.27. The average Bonchev–Trinajstić information content (AvgIpc) is 3.39. The van der Waals surface area contributed by atoms with E-state index in [1.54, 1.807) is 19.3 Å². The van der Waals surface area contributed by atoms with E-state index < -0.39 is 5.54 Å². The third-order valence-corrected chi connectivity index (χ3v) is 5.58. The molecule has 2 aromatic heterocycles. The van der Waals surface area contributed by atoms with Crippen LogP contribution in [0.15, 0.2) is 29.7 Å². The molecule has 1 atom stereocenters. The standard InChI is InChI=1S/C18H22N6OS/c1-12(2)18(3,11-19)21-15(25)10-26-17-23-22-16(24(17)14-4-5-14)13-6-8-20-9-7-13/h6-9,12,14H,4-5,10H2,1-3H3,(H,21,25)/t18-/m0/s1. The van der Waals surface area contributed by atoms with E-state index in [1.807, 2.05) is 26.0 Å². The van der Waals surface area contributed by atoms with Crippen LogP contribution in [-0.4, -0.2) is 36.9 Å². The number of carbonyl (C=O) groups is 1. The molecule has 8 heteroatoms. The molecule has 136 valence electrons. The Bertz CT molecular complexity index is 824. The molecule has 1 N–H and O–H groups in total. The number of thioether (sulfide) groups is 1. The van der Waals surface area contributed by atoms with Crippen LogP contribution in [0.5, 0.6) is 0 Å². The summed E-state index contributed by atoms with van der Waals surface area (Å²) in [6.07, 6.45) is 5.65. The number of rotatable bonds is 7. The first kappa shape index (κ1) is 18.4. The van der Waals surface area contributed by atoms with Crippen molar-refractivity contribution in [2.45, 2.75) is 50.4 Å². The lowest BCUT2D eigenvalue weighted by molar-refractivity contribution is -0.120. The quantitative estimate of drug-likeness (QED) is 0.753. The van der Waals surface area contributed by atoms with Gasteiger partial charge in [0.1, 0.15) is 5.54 Å². The number of nitrogens with one attached hydrogen (secondary N) is 1. The van der Waals surface area contributed by atoms with E-state index in [1.165, 1.54) is 11.8 Å². The molecule has 0 bridgehead atoms. The molecule has 1 aliphatic rings. The monoisotopic (exact) mass is 370 g/mol. The number of nitrogens with zero attached hydrogens (tertiary/aromatic N) is 5. The third-order valence-electron chi connectivity index (χ3n) is 4.63. The van der Waals surface area contributed by atoms with Gasteiger partial charge in [0.25, 0.3) is 0 Å². The van der Waals surface area contributed by atoms with Gasteiger partial charge in [-0.2, -0.15) is 5.26 Å². The summed E-state index contributed by atoms with van der Waals surface area (Å²) in [6.45, 7) is 5.58. The molecule has 26 heavy (non-hydrogen) atoms. The average molecular weight is 370 g/mol. The summed E-state index contributed by atoms with van der Waals surface area (Å²) >= 11 is 1.35. The van der Waals surface area contributed by atoms with Gasteiger partial charge < -0.3 is 5.32 Å². The number of amides is 1. The lowest BCUT2D eigenvalue weighted by Crippen LogP contribution is -2.49. The maximum atomic E-state index is 12.3. The number of carbonyl (C=O) groups excluding carboxylic acids is 1. The predicted octanol–water partition coefficient (Wildman–Crippen LogP) is 2.82. The molecule has 1 aliphatic carbocycles.